The van der Waals surface area contributed by atoms with Gasteiger partial charge in [0, 0.05) is 17.4 Å². The molecule has 6 heteroatoms. The van der Waals surface area contributed by atoms with Crippen LogP contribution in [0.4, 0.5) is 17.1 Å². The number of nitrogens with zero attached hydrogens (tertiary/aromatic N) is 2. The molecule has 1 aromatic heterocycles. The smallest absolute Gasteiger partial charge is 0.311 e. The minimum absolute atomic E-state index is 0.0993. The molecular formula is C20H19N3O3. The fourth-order valence-electron chi connectivity index (χ4n) is 2.96. The molecule has 1 heterocycles. The van der Waals surface area contributed by atoms with Crippen molar-refractivity contribution in [3.63, 3.8) is 0 Å². The summed E-state index contributed by atoms with van der Waals surface area (Å²) in [5.41, 5.74) is 5.32. The van der Waals surface area contributed by atoms with Gasteiger partial charge in [-0.05, 0) is 37.1 Å². The van der Waals surface area contributed by atoms with E-state index in [1.807, 2.05) is 32.0 Å². The molecule has 6 nitrogen and oxygen atoms in total. The standard InChI is InChI=1S/C20H19N3O3/c1-13-6-14(2)8-16(7-13)18-10-21-11-19(23(25)26)20(18)22-17-5-3-4-15(9-17)12-24/h3-11,24H,12H2,1-2H3,(H,21,22). The van der Waals surface area contributed by atoms with E-state index in [-0.39, 0.29) is 12.3 Å². The number of pyridine rings is 1. The van der Waals surface area contributed by atoms with Gasteiger partial charge in [0.25, 0.3) is 0 Å². The Kier molecular flexibility index (Phi) is 4.95. The lowest BCUT2D eigenvalue weighted by Crippen LogP contribution is -2.01. The van der Waals surface area contributed by atoms with Crippen molar-refractivity contribution < 1.29 is 10.0 Å². The molecule has 0 aliphatic heterocycles. The molecule has 0 saturated heterocycles. The Balaban J connectivity index is 2.16. The second-order valence-corrected chi connectivity index (χ2v) is 6.20. The van der Waals surface area contributed by atoms with Gasteiger partial charge in [-0.2, -0.15) is 0 Å². The third-order valence-electron chi connectivity index (χ3n) is 4.03. The van der Waals surface area contributed by atoms with Gasteiger partial charge in [0.1, 0.15) is 11.9 Å². The highest BCUT2D eigenvalue weighted by atomic mass is 16.6. The first-order chi connectivity index (χ1) is 12.5. The Morgan fingerprint density at radius 3 is 2.50 bits per heavy atom. The summed E-state index contributed by atoms with van der Waals surface area (Å²) in [6.07, 6.45) is 2.86. The Bertz CT molecular complexity index is 950. The van der Waals surface area contributed by atoms with Crippen LogP contribution in [-0.2, 0) is 6.61 Å². The average molecular weight is 349 g/mol. The summed E-state index contributed by atoms with van der Waals surface area (Å²) in [6, 6.07) is 13.1. The molecule has 0 spiro atoms. The van der Waals surface area contributed by atoms with Crippen LogP contribution in [0.3, 0.4) is 0 Å². The topological polar surface area (TPSA) is 88.3 Å². The van der Waals surface area contributed by atoms with Crippen LogP contribution in [-0.4, -0.2) is 15.0 Å². The van der Waals surface area contributed by atoms with Gasteiger partial charge in [-0.25, -0.2) is 0 Å². The molecule has 26 heavy (non-hydrogen) atoms. The molecule has 0 amide bonds. The molecule has 3 rings (SSSR count). The minimum atomic E-state index is -0.447. The van der Waals surface area contributed by atoms with Crippen LogP contribution >= 0.6 is 0 Å². The van der Waals surface area contributed by atoms with Crippen LogP contribution in [0.1, 0.15) is 16.7 Å². The number of hydrogen-bond acceptors (Lipinski definition) is 5. The maximum atomic E-state index is 11.5. The maximum Gasteiger partial charge on any atom is 0.311 e. The van der Waals surface area contributed by atoms with Crippen LogP contribution in [0.5, 0.6) is 0 Å². The summed E-state index contributed by atoms with van der Waals surface area (Å²) in [6.45, 7) is 3.87. The molecule has 0 aliphatic rings. The van der Waals surface area contributed by atoms with Crippen molar-refractivity contribution in [1.29, 1.82) is 0 Å². The summed E-state index contributed by atoms with van der Waals surface area (Å²) in [4.78, 5) is 15.1. The zero-order chi connectivity index (χ0) is 18.7. The Morgan fingerprint density at radius 1 is 1.12 bits per heavy atom. The van der Waals surface area contributed by atoms with E-state index in [1.54, 1.807) is 30.5 Å². The van der Waals surface area contributed by atoms with E-state index in [0.717, 1.165) is 22.3 Å². The first-order valence-corrected chi connectivity index (χ1v) is 8.16. The average Bonchev–Trinajstić information content (AvgIpc) is 2.61. The van der Waals surface area contributed by atoms with E-state index in [0.29, 0.717) is 16.9 Å². The lowest BCUT2D eigenvalue weighted by atomic mass is 10.00. The summed E-state index contributed by atoms with van der Waals surface area (Å²) in [7, 11) is 0. The predicted molar refractivity (Wildman–Crippen MR) is 101 cm³/mol. The summed E-state index contributed by atoms with van der Waals surface area (Å²) < 4.78 is 0. The number of benzene rings is 2. The van der Waals surface area contributed by atoms with Crippen LogP contribution in [0.2, 0.25) is 0 Å². The molecular weight excluding hydrogens is 330 g/mol. The predicted octanol–water partition coefficient (Wildman–Crippen LogP) is 4.51. The quantitative estimate of drug-likeness (QED) is 0.523. The lowest BCUT2D eigenvalue weighted by molar-refractivity contribution is -0.384. The molecule has 0 saturated carbocycles. The van der Waals surface area contributed by atoms with Gasteiger partial charge in [0.05, 0.1) is 11.5 Å². The molecule has 132 valence electrons. The fourth-order valence-corrected chi connectivity index (χ4v) is 2.96. The number of aliphatic hydroxyl groups excluding tert-OH is 1. The van der Waals surface area contributed by atoms with Gasteiger partial charge < -0.3 is 10.4 Å². The molecule has 3 aromatic rings. The highest BCUT2D eigenvalue weighted by Gasteiger charge is 2.20. The fraction of sp³-hybridized carbons (Fsp3) is 0.150. The Hall–Kier alpha value is -3.25. The Labute approximate surface area is 151 Å². The van der Waals surface area contributed by atoms with Gasteiger partial charge in [-0.3, -0.25) is 15.1 Å². The van der Waals surface area contributed by atoms with Crippen LogP contribution in [0.25, 0.3) is 11.1 Å². The lowest BCUT2D eigenvalue weighted by Gasteiger charge is -2.14. The summed E-state index contributed by atoms with van der Waals surface area (Å²) in [5.74, 6) is 0. The van der Waals surface area contributed by atoms with Crippen LogP contribution < -0.4 is 5.32 Å². The van der Waals surface area contributed by atoms with Crippen molar-refractivity contribution in [3.8, 4) is 11.1 Å². The molecule has 2 N–H and O–H groups in total. The second-order valence-electron chi connectivity index (χ2n) is 6.20. The van der Waals surface area contributed by atoms with Gasteiger partial charge in [0.2, 0.25) is 0 Å². The monoisotopic (exact) mass is 349 g/mol. The first kappa shape index (κ1) is 17.6. The van der Waals surface area contributed by atoms with E-state index in [1.165, 1.54) is 6.20 Å². The molecule has 0 radical (unpaired) electrons. The van der Waals surface area contributed by atoms with Gasteiger partial charge >= 0.3 is 5.69 Å². The highest BCUT2D eigenvalue weighted by Crippen LogP contribution is 2.37. The summed E-state index contributed by atoms with van der Waals surface area (Å²) in [5, 5.41) is 24.0. The second kappa shape index (κ2) is 7.33. The third kappa shape index (κ3) is 3.70. The molecule has 0 unspecified atom stereocenters. The van der Waals surface area contributed by atoms with Gasteiger partial charge in [-0.15, -0.1) is 0 Å². The molecule has 0 bridgehead atoms. The first-order valence-electron chi connectivity index (χ1n) is 8.16. The SMILES string of the molecule is Cc1cc(C)cc(-c2cncc([N+](=O)[O-])c2Nc2cccc(CO)c2)c1. The van der Waals surface area contributed by atoms with E-state index in [2.05, 4.69) is 10.3 Å². The number of aliphatic hydroxyl groups is 1. The minimum Gasteiger partial charge on any atom is -0.392 e. The number of nitro groups is 1. The van der Waals surface area contributed by atoms with Crippen molar-refractivity contribution in [2.24, 2.45) is 0 Å². The Morgan fingerprint density at radius 2 is 1.85 bits per heavy atom. The van der Waals surface area contributed by atoms with E-state index < -0.39 is 4.92 Å². The van der Waals surface area contributed by atoms with E-state index >= 15 is 0 Å². The van der Waals surface area contributed by atoms with Gasteiger partial charge in [0.15, 0.2) is 0 Å². The van der Waals surface area contributed by atoms with E-state index in [9.17, 15) is 15.2 Å². The zero-order valence-electron chi connectivity index (χ0n) is 14.6. The van der Waals surface area contributed by atoms with Crippen molar-refractivity contribution >= 4 is 17.1 Å². The van der Waals surface area contributed by atoms with Crippen molar-refractivity contribution in [3.05, 3.63) is 81.7 Å². The largest absolute Gasteiger partial charge is 0.392 e. The molecule has 0 aliphatic carbocycles. The maximum absolute atomic E-state index is 11.5. The zero-order valence-corrected chi connectivity index (χ0v) is 14.6. The number of rotatable bonds is 5. The van der Waals surface area contributed by atoms with Crippen molar-refractivity contribution in [2.75, 3.05) is 5.32 Å². The number of nitrogens with one attached hydrogen (secondary N) is 1. The van der Waals surface area contributed by atoms with Crippen molar-refractivity contribution in [1.82, 2.24) is 4.98 Å². The summed E-state index contributed by atoms with van der Waals surface area (Å²) >= 11 is 0. The molecule has 2 aromatic carbocycles. The number of aryl methyl sites for hydroxylation is 2. The van der Waals surface area contributed by atoms with Crippen LogP contribution in [0.15, 0.2) is 54.9 Å². The number of anilines is 2. The number of aromatic nitrogens is 1. The normalized spacial score (nSPS) is 10.6. The number of hydrogen-bond donors (Lipinski definition) is 2. The molecule has 0 atom stereocenters. The van der Waals surface area contributed by atoms with Crippen LogP contribution in [0, 0.1) is 24.0 Å². The third-order valence-corrected chi connectivity index (χ3v) is 4.03. The van der Waals surface area contributed by atoms with Crippen molar-refractivity contribution in [2.45, 2.75) is 20.5 Å². The van der Waals surface area contributed by atoms with E-state index in [4.69, 9.17) is 0 Å². The highest BCUT2D eigenvalue weighted by molar-refractivity contribution is 5.86. The van der Waals surface area contributed by atoms with Gasteiger partial charge in [-0.1, -0.05) is 41.5 Å². The molecule has 0 fully saturated rings.